The Hall–Kier alpha value is 0.0836. The molecular weight excluding hydrogens is 374 g/mol. The van der Waals surface area contributed by atoms with Crippen molar-refractivity contribution in [2.75, 3.05) is 41.3 Å². The first-order valence-electron chi connectivity index (χ1n) is 8.75. The molecule has 0 saturated heterocycles. The molecule has 0 aliphatic heterocycles. The fourth-order valence-electron chi connectivity index (χ4n) is 3.31. The fraction of sp³-hybridized carbons (Fsp3) is 0.778. The molecule has 0 N–H and O–H groups in total. The molecule has 0 aromatic heterocycles. The molecule has 0 aliphatic rings. The summed E-state index contributed by atoms with van der Waals surface area (Å²) in [5.74, 6) is 7.22. The van der Waals surface area contributed by atoms with E-state index in [1.165, 1.54) is 19.1 Å². The first-order chi connectivity index (χ1) is 10.2. The van der Waals surface area contributed by atoms with Gasteiger partial charge in [-0.1, -0.05) is 0 Å². The average Bonchev–Trinajstić information content (AvgIpc) is 2.44. The maximum absolute atomic E-state index is 3.75. The number of allylic oxidation sites excluding steroid dienone is 1. The first-order valence-corrected chi connectivity index (χ1v) is 15.9. The molecule has 0 rings (SSSR count). The van der Waals surface area contributed by atoms with E-state index in [1.807, 2.05) is 0 Å². The molecule has 2 nitrogen and oxygen atoms in total. The van der Waals surface area contributed by atoms with E-state index in [2.05, 4.69) is 80.4 Å². The van der Waals surface area contributed by atoms with Gasteiger partial charge in [-0.3, -0.25) is 0 Å². The Morgan fingerprint density at radius 3 is 1.82 bits per heavy atom. The minimum absolute atomic E-state index is 0.678. The Morgan fingerprint density at radius 1 is 0.955 bits per heavy atom. The zero-order valence-corrected chi connectivity index (χ0v) is 19.4. The van der Waals surface area contributed by atoms with Crippen LogP contribution in [0.3, 0.4) is 0 Å². The van der Waals surface area contributed by atoms with Crippen molar-refractivity contribution in [1.82, 2.24) is 9.80 Å². The SMILES string of the molecule is CC/C(=[C](\CN(C)C)[Sn+]([CH3])[CH3])[B-](C#CCN(C)C)(CC)CC. The first kappa shape index (κ1) is 22.1. The van der Waals surface area contributed by atoms with Crippen molar-refractivity contribution in [1.29, 1.82) is 0 Å². The van der Waals surface area contributed by atoms with Crippen molar-refractivity contribution >= 4 is 25.9 Å². The molecule has 22 heavy (non-hydrogen) atoms. The van der Waals surface area contributed by atoms with Crippen LogP contribution in [-0.4, -0.2) is 77.0 Å². The van der Waals surface area contributed by atoms with Gasteiger partial charge in [0.25, 0.3) is 0 Å². The van der Waals surface area contributed by atoms with Gasteiger partial charge in [0.2, 0.25) is 0 Å². The van der Waals surface area contributed by atoms with Crippen LogP contribution in [0, 0.1) is 11.7 Å². The molecule has 0 radical (unpaired) electrons. The third-order valence-corrected chi connectivity index (χ3v) is 9.49. The van der Waals surface area contributed by atoms with Crippen molar-refractivity contribution in [3.63, 3.8) is 0 Å². The zero-order chi connectivity index (χ0) is 17.3. The van der Waals surface area contributed by atoms with Gasteiger partial charge in [-0.15, -0.1) is 0 Å². The molecule has 0 amide bonds. The standard InChI is InChI=1S/C16H31BN2.2CH3.Sn/c1-8-16(12-15-19(6)7)17(9-2,10-3)13-11-14-18(4)5;;;/h8-10,14-15H2,1-7H3;2*1H3;/q-1;;;+1. The summed E-state index contributed by atoms with van der Waals surface area (Å²) in [6, 6.07) is 0. The Morgan fingerprint density at radius 2 is 1.50 bits per heavy atom. The second-order valence-electron chi connectivity index (χ2n) is 7.22. The van der Waals surface area contributed by atoms with Crippen LogP contribution in [0.15, 0.2) is 9.06 Å². The molecule has 0 unspecified atom stereocenters. The van der Waals surface area contributed by atoms with Crippen LogP contribution < -0.4 is 0 Å². The molecule has 0 aliphatic carbocycles. The number of rotatable bonds is 8. The van der Waals surface area contributed by atoms with E-state index in [1.54, 1.807) is 9.06 Å². The summed E-state index contributed by atoms with van der Waals surface area (Å²) < 4.78 is 1.80. The van der Waals surface area contributed by atoms with Crippen LogP contribution in [-0.2, 0) is 0 Å². The van der Waals surface area contributed by atoms with Crippen molar-refractivity contribution < 1.29 is 0 Å². The predicted molar refractivity (Wildman–Crippen MR) is 106 cm³/mol. The summed E-state index contributed by atoms with van der Waals surface area (Å²) in [5.41, 5.74) is 1.73. The van der Waals surface area contributed by atoms with Crippen LogP contribution in [0.2, 0.25) is 22.5 Å². The maximum atomic E-state index is 3.75. The van der Waals surface area contributed by atoms with E-state index >= 15 is 0 Å². The summed E-state index contributed by atoms with van der Waals surface area (Å²) in [6.45, 7) is 9.03. The van der Waals surface area contributed by atoms with Crippen LogP contribution in [0.5, 0.6) is 0 Å². The second-order valence-corrected chi connectivity index (χ2v) is 14.7. The number of hydrogen-bond donors (Lipinski definition) is 0. The Bertz CT molecular complexity index is 413. The average molecular weight is 411 g/mol. The van der Waals surface area contributed by atoms with Gasteiger partial charge in [-0.05, 0) is 0 Å². The third kappa shape index (κ3) is 6.68. The van der Waals surface area contributed by atoms with E-state index in [0.29, 0.717) is 0 Å². The molecule has 0 spiro atoms. The van der Waals surface area contributed by atoms with Crippen LogP contribution >= 0.6 is 0 Å². The molecule has 126 valence electrons. The zero-order valence-electron chi connectivity index (χ0n) is 16.5. The fourth-order valence-corrected chi connectivity index (χ4v) is 8.24. The van der Waals surface area contributed by atoms with E-state index in [0.717, 1.165) is 13.1 Å². The van der Waals surface area contributed by atoms with Gasteiger partial charge >= 0.3 is 147 Å². The molecular formula is C18H37BN2Sn. The van der Waals surface area contributed by atoms with Gasteiger partial charge < -0.3 is 0 Å². The summed E-state index contributed by atoms with van der Waals surface area (Å²) in [7, 11) is 8.59. The summed E-state index contributed by atoms with van der Waals surface area (Å²) in [5, 5.41) is 0. The molecule has 0 heterocycles. The molecule has 0 fully saturated rings. The molecule has 0 atom stereocenters. The van der Waals surface area contributed by atoms with Gasteiger partial charge in [0, 0.05) is 0 Å². The molecule has 4 heteroatoms. The minimum atomic E-state index is -1.41. The van der Waals surface area contributed by atoms with Crippen LogP contribution in [0.1, 0.15) is 27.2 Å². The monoisotopic (exact) mass is 412 g/mol. The van der Waals surface area contributed by atoms with Crippen LogP contribution in [0.4, 0.5) is 0 Å². The van der Waals surface area contributed by atoms with E-state index in [4.69, 9.17) is 0 Å². The van der Waals surface area contributed by atoms with Crippen molar-refractivity contribution in [3.8, 4) is 11.7 Å². The van der Waals surface area contributed by atoms with Crippen molar-refractivity contribution in [2.45, 2.75) is 49.7 Å². The van der Waals surface area contributed by atoms with Gasteiger partial charge in [0.1, 0.15) is 0 Å². The molecule has 0 saturated carbocycles. The summed E-state index contributed by atoms with van der Waals surface area (Å²) in [6.07, 6.45) is 2.87. The second kappa shape index (κ2) is 10.8. The molecule has 0 bridgehead atoms. The van der Waals surface area contributed by atoms with Crippen molar-refractivity contribution in [3.05, 3.63) is 9.06 Å². The number of nitrogens with zero attached hydrogens (tertiary/aromatic N) is 2. The topological polar surface area (TPSA) is 6.48 Å². The Labute approximate surface area is 147 Å². The predicted octanol–water partition coefficient (Wildman–Crippen LogP) is 3.68. The summed E-state index contributed by atoms with van der Waals surface area (Å²) >= 11 is -1.41. The molecule has 0 aromatic carbocycles. The van der Waals surface area contributed by atoms with Crippen LogP contribution in [0.25, 0.3) is 0 Å². The van der Waals surface area contributed by atoms with E-state index in [9.17, 15) is 0 Å². The number of likely N-dealkylation sites (N-methyl/N-ethyl adjacent to an activating group) is 1. The Balaban J connectivity index is 5.94. The number of hydrogen-bond acceptors (Lipinski definition) is 2. The van der Waals surface area contributed by atoms with Crippen molar-refractivity contribution in [2.24, 2.45) is 0 Å². The van der Waals surface area contributed by atoms with Gasteiger partial charge in [-0.25, -0.2) is 0 Å². The van der Waals surface area contributed by atoms with Gasteiger partial charge in [0.05, 0.1) is 0 Å². The molecule has 0 aromatic rings. The van der Waals surface area contributed by atoms with Gasteiger partial charge in [-0.2, -0.15) is 0 Å². The third-order valence-electron chi connectivity index (χ3n) is 4.68. The van der Waals surface area contributed by atoms with Gasteiger partial charge in [0.15, 0.2) is 0 Å². The normalized spacial score (nSPS) is 13.0. The van der Waals surface area contributed by atoms with E-state index in [-0.39, 0.29) is 0 Å². The quantitative estimate of drug-likeness (QED) is 0.445. The Kier molecular flexibility index (Phi) is 10.8. The van der Waals surface area contributed by atoms with E-state index < -0.39 is 25.9 Å². The summed E-state index contributed by atoms with van der Waals surface area (Å²) in [4.78, 5) is 9.56.